The normalized spacial score (nSPS) is 19.3. The van der Waals surface area contributed by atoms with Crippen LogP contribution >= 0.6 is 0 Å². The van der Waals surface area contributed by atoms with Crippen molar-refractivity contribution >= 4 is 16.6 Å². The number of rotatable bonds is 4. The molecule has 0 spiro atoms. The van der Waals surface area contributed by atoms with Crippen LogP contribution in [0.2, 0.25) is 0 Å². The summed E-state index contributed by atoms with van der Waals surface area (Å²) in [6, 6.07) is 11.7. The van der Waals surface area contributed by atoms with Gasteiger partial charge in [0.05, 0.1) is 12.2 Å². The van der Waals surface area contributed by atoms with Crippen molar-refractivity contribution in [1.82, 2.24) is 34.7 Å². The highest BCUT2D eigenvalue weighted by Gasteiger charge is 2.24. The second-order valence-electron chi connectivity index (χ2n) is 7.24. The fourth-order valence-electron chi connectivity index (χ4n) is 3.92. The number of anilines is 1. The first kappa shape index (κ1) is 17.5. The van der Waals surface area contributed by atoms with Gasteiger partial charge in [-0.1, -0.05) is 24.3 Å². The van der Waals surface area contributed by atoms with Crippen LogP contribution in [0.1, 0.15) is 31.7 Å². The molecule has 0 saturated heterocycles. The molecule has 0 bridgehead atoms. The monoisotopic (exact) mass is 388 g/mol. The Kier molecular flexibility index (Phi) is 4.47. The van der Waals surface area contributed by atoms with Crippen LogP contribution in [0, 0.1) is 0 Å². The molecule has 0 unspecified atom stereocenters. The summed E-state index contributed by atoms with van der Waals surface area (Å²) in [5, 5.41) is 22.7. The highest BCUT2D eigenvalue weighted by Crippen LogP contribution is 2.30. The van der Waals surface area contributed by atoms with Gasteiger partial charge in [-0.3, -0.25) is 4.79 Å². The predicted octanol–water partition coefficient (Wildman–Crippen LogP) is 2.36. The average Bonchev–Trinajstić information content (AvgIpc) is 3.30. The first-order chi connectivity index (χ1) is 14.3. The second-order valence-corrected chi connectivity index (χ2v) is 7.24. The number of hydrogen-bond acceptors (Lipinski definition) is 7. The molecule has 5 rings (SSSR count). The SMILES string of the molecule is O=c1ccc(-n2cncn2)nn1C1CCC(Nc2nncc3ccccc23)CC1. The molecule has 1 N–H and O–H groups in total. The van der Waals surface area contributed by atoms with Crippen LogP contribution in [-0.4, -0.2) is 40.8 Å². The van der Waals surface area contributed by atoms with E-state index in [-0.39, 0.29) is 11.6 Å². The Balaban J connectivity index is 1.31. The molecule has 3 aromatic heterocycles. The molecule has 1 aliphatic carbocycles. The lowest BCUT2D eigenvalue weighted by atomic mass is 9.91. The summed E-state index contributed by atoms with van der Waals surface area (Å²) >= 11 is 0. The first-order valence-corrected chi connectivity index (χ1v) is 9.70. The van der Waals surface area contributed by atoms with Gasteiger partial charge < -0.3 is 5.32 Å². The quantitative estimate of drug-likeness (QED) is 0.572. The van der Waals surface area contributed by atoms with Crippen molar-refractivity contribution in [3.8, 4) is 5.82 Å². The third kappa shape index (κ3) is 3.46. The summed E-state index contributed by atoms with van der Waals surface area (Å²) in [5.41, 5.74) is -0.0924. The molecular formula is C20H20N8O. The lowest BCUT2D eigenvalue weighted by Gasteiger charge is -2.30. The minimum absolute atomic E-state index is 0.0719. The molecule has 9 nitrogen and oxygen atoms in total. The molecule has 0 atom stereocenters. The van der Waals surface area contributed by atoms with Gasteiger partial charge in [-0.2, -0.15) is 10.2 Å². The van der Waals surface area contributed by atoms with Crippen molar-refractivity contribution in [2.75, 3.05) is 5.32 Å². The lowest BCUT2D eigenvalue weighted by molar-refractivity contribution is 0.302. The Morgan fingerprint density at radius 2 is 1.90 bits per heavy atom. The van der Waals surface area contributed by atoms with Gasteiger partial charge in [-0.05, 0) is 31.7 Å². The molecule has 3 heterocycles. The van der Waals surface area contributed by atoms with Gasteiger partial charge in [0.25, 0.3) is 5.56 Å². The summed E-state index contributed by atoms with van der Waals surface area (Å²) in [6.45, 7) is 0. The first-order valence-electron chi connectivity index (χ1n) is 9.70. The fourth-order valence-corrected chi connectivity index (χ4v) is 3.92. The van der Waals surface area contributed by atoms with Gasteiger partial charge in [0.2, 0.25) is 0 Å². The van der Waals surface area contributed by atoms with Gasteiger partial charge in [0.15, 0.2) is 11.6 Å². The third-order valence-corrected chi connectivity index (χ3v) is 5.42. The molecule has 0 radical (unpaired) electrons. The highest BCUT2D eigenvalue weighted by molar-refractivity contribution is 5.90. The zero-order chi connectivity index (χ0) is 19.6. The van der Waals surface area contributed by atoms with Crippen LogP contribution in [0.5, 0.6) is 0 Å². The lowest BCUT2D eigenvalue weighted by Crippen LogP contribution is -2.33. The number of fused-ring (bicyclic) bond motifs is 1. The van der Waals surface area contributed by atoms with Crippen molar-refractivity contribution in [3.05, 3.63) is 65.6 Å². The van der Waals surface area contributed by atoms with Crippen LogP contribution in [0.4, 0.5) is 5.82 Å². The standard InChI is InChI=1S/C20H20N8O/c29-19-10-9-18(27-13-21-12-23-27)26-28(19)16-7-5-15(6-8-16)24-20-17-4-2-1-3-14(17)11-22-25-20/h1-4,9-13,15-16H,5-8H2,(H,24,25). The largest absolute Gasteiger partial charge is 0.365 e. The molecule has 1 aliphatic rings. The van der Waals surface area contributed by atoms with E-state index in [1.165, 1.54) is 6.33 Å². The maximum atomic E-state index is 12.4. The molecule has 9 heteroatoms. The molecule has 146 valence electrons. The van der Waals surface area contributed by atoms with Gasteiger partial charge in [0.1, 0.15) is 12.7 Å². The van der Waals surface area contributed by atoms with E-state index < -0.39 is 0 Å². The van der Waals surface area contributed by atoms with Gasteiger partial charge in [0, 0.05) is 22.9 Å². The van der Waals surface area contributed by atoms with Crippen LogP contribution in [0.25, 0.3) is 16.6 Å². The summed E-state index contributed by atoms with van der Waals surface area (Å²) < 4.78 is 3.15. The van der Waals surface area contributed by atoms with Crippen molar-refractivity contribution in [3.63, 3.8) is 0 Å². The van der Waals surface area contributed by atoms with Crippen molar-refractivity contribution in [2.45, 2.75) is 37.8 Å². The topological polar surface area (TPSA) is 103 Å². The summed E-state index contributed by atoms with van der Waals surface area (Å²) in [7, 11) is 0. The minimum Gasteiger partial charge on any atom is -0.365 e. The number of hydrogen-bond donors (Lipinski definition) is 1. The third-order valence-electron chi connectivity index (χ3n) is 5.42. The molecule has 29 heavy (non-hydrogen) atoms. The van der Waals surface area contributed by atoms with Crippen LogP contribution in [0.3, 0.4) is 0 Å². The molecular weight excluding hydrogens is 368 g/mol. The Bertz CT molecular complexity index is 1170. The number of nitrogens with one attached hydrogen (secondary N) is 1. The highest BCUT2D eigenvalue weighted by atomic mass is 16.1. The van der Waals surface area contributed by atoms with Crippen LogP contribution in [-0.2, 0) is 0 Å². The number of aromatic nitrogens is 7. The van der Waals surface area contributed by atoms with Gasteiger partial charge in [-0.25, -0.2) is 14.3 Å². The molecule has 1 fully saturated rings. The molecule has 0 aliphatic heterocycles. The smallest absolute Gasteiger partial charge is 0.267 e. The maximum absolute atomic E-state index is 12.4. The van der Waals surface area contributed by atoms with E-state index in [0.717, 1.165) is 42.3 Å². The summed E-state index contributed by atoms with van der Waals surface area (Å²) in [6.07, 6.45) is 8.38. The van der Waals surface area contributed by atoms with E-state index in [2.05, 4.69) is 36.8 Å². The van der Waals surface area contributed by atoms with Crippen LogP contribution in [0.15, 0.2) is 60.0 Å². The zero-order valence-electron chi connectivity index (χ0n) is 15.7. The molecule has 1 saturated carbocycles. The number of benzene rings is 1. The van der Waals surface area contributed by atoms with Crippen molar-refractivity contribution in [2.24, 2.45) is 0 Å². The van der Waals surface area contributed by atoms with E-state index >= 15 is 0 Å². The summed E-state index contributed by atoms with van der Waals surface area (Å²) in [5.74, 6) is 1.41. The Morgan fingerprint density at radius 1 is 1.03 bits per heavy atom. The Labute approximate surface area is 166 Å². The predicted molar refractivity (Wildman–Crippen MR) is 108 cm³/mol. The van der Waals surface area contributed by atoms with Crippen molar-refractivity contribution in [1.29, 1.82) is 0 Å². The van der Waals surface area contributed by atoms with E-state index in [9.17, 15) is 4.79 Å². The van der Waals surface area contributed by atoms with Crippen molar-refractivity contribution < 1.29 is 0 Å². The maximum Gasteiger partial charge on any atom is 0.267 e. The average molecular weight is 388 g/mol. The molecule has 4 aromatic rings. The van der Waals surface area contributed by atoms with E-state index in [4.69, 9.17) is 0 Å². The second kappa shape index (κ2) is 7.42. The fraction of sp³-hybridized carbons (Fsp3) is 0.300. The number of nitrogens with zero attached hydrogens (tertiary/aromatic N) is 7. The Morgan fingerprint density at radius 3 is 2.72 bits per heavy atom. The van der Waals surface area contributed by atoms with Crippen LogP contribution < -0.4 is 10.9 Å². The molecule has 1 aromatic carbocycles. The summed E-state index contributed by atoms with van der Waals surface area (Å²) in [4.78, 5) is 16.3. The van der Waals surface area contributed by atoms with Gasteiger partial charge in [-0.15, -0.1) is 10.2 Å². The van der Waals surface area contributed by atoms with E-state index in [0.29, 0.717) is 11.9 Å². The minimum atomic E-state index is -0.0924. The van der Waals surface area contributed by atoms with Gasteiger partial charge >= 0.3 is 0 Å². The molecule has 0 amide bonds. The van der Waals surface area contributed by atoms with E-state index in [1.54, 1.807) is 34.0 Å². The zero-order valence-corrected chi connectivity index (χ0v) is 15.7. The Hall–Kier alpha value is -3.62. The van der Waals surface area contributed by atoms with E-state index in [1.807, 2.05) is 18.2 Å².